The molecule has 0 atom stereocenters. The van der Waals surface area contributed by atoms with Gasteiger partial charge in [0.1, 0.15) is 11.6 Å². The van der Waals surface area contributed by atoms with E-state index in [9.17, 15) is 9.18 Å². The van der Waals surface area contributed by atoms with Crippen LogP contribution in [-0.2, 0) is 11.3 Å². The lowest BCUT2D eigenvalue weighted by atomic mass is 10.3. The van der Waals surface area contributed by atoms with E-state index in [-0.39, 0.29) is 18.3 Å². The lowest BCUT2D eigenvalue weighted by molar-refractivity contribution is -0.118. The number of halogens is 2. The van der Waals surface area contributed by atoms with Crippen LogP contribution in [0.1, 0.15) is 12.2 Å². The molecule has 0 spiro atoms. The Kier molecular flexibility index (Phi) is 6.18. The fourth-order valence-electron chi connectivity index (χ4n) is 2.74. The zero-order chi connectivity index (χ0) is 20.2. The van der Waals surface area contributed by atoms with Gasteiger partial charge in [0.15, 0.2) is 5.13 Å². The summed E-state index contributed by atoms with van der Waals surface area (Å²) in [4.78, 5) is 20.2. The summed E-state index contributed by atoms with van der Waals surface area (Å²) in [6, 6.07) is 15.5. The Labute approximate surface area is 180 Å². The van der Waals surface area contributed by atoms with Crippen LogP contribution in [0, 0.1) is 5.82 Å². The zero-order valence-electron chi connectivity index (χ0n) is 15.2. The van der Waals surface area contributed by atoms with Gasteiger partial charge in [0.2, 0.25) is 5.91 Å². The van der Waals surface area contributed by atoms with Crippen molar-refractivity contribution >= 4 is 56.0 Å². The normalized spacial score (nSPS) is 11.1. The van der Waals surface area contributed by atoms with E-state index in [2.05, 4.69) is 4.98 Å². The predicted molar refractivity (Wildman–Crippen MR) is 116 cm³/mol. The molecule has 4 aromatic rings. The fraction of sp³-hybridized carbons (Fsp3) is 0.143. The van der Waals surface area contributed by atoms with Gasteiger partial charge >= 0.3 is 0 Å². The first-order valence-electron chi connectivity index (χ1n) is 8.86. The monoisotopic (exact) mass is 446 g/mol. The summed E-state index contributed by atoms with van der Waals surface area (Å²) in [5.41, 5.74) is 0.666. The molecule has 0 N–H and O–H groups in total. The van der Waals surface area contributed by atoms with Gasteiger partial charge in [-0.15, -0.1) is 11.8 Å². The van der Waals surface area contributed by atoms with Gasteiger partial charge in [-0.05, 0) is 54.6 Å². The van der Waals surface area contributed by atoms with Gasteiger partial charge in [0.25, 0.3) is 0 Å². The number of furan rings is 1. The topological polar surface area (TPSA) is 46.3 Å². The third-order valence-electron chi connectivity index (χ3n) is 4.16. The number of rotatable bonds is 7. The Hall–Kier alpha value is -2.35. The third-order valence-corrected chi connectivity index (χ3v) is 6.47. The lowest BCUT2D eigenvalue weighted by Crippen LogP contribution is -2.30. The van der Waals surface area contributed by atoms with Crippen LogP contribution in [-0.4, -0.2) is 16.6 Å². The lowest BCUT2D eigenvalue weighted by Gasteiger charge is -2.18. The summed E-state index contributed by atoms with van der Waals surface area (Å²) in [6.07, 6.45) is 1.90. The minimum Gasteiger partial charge on any atom is -0.467 e. The molecule has 4 nitrogen and oxygen atoms in total. The minimum absolute atomic E-state index is 0.0672. The number of thioether (sulfide) groups is 1. The van der Waals surface area contributed by atoms with Crippen LogP contribution in [0.3, 0.4) is 0 Å². The van der Waals surface area contributed by atoms with Gasteiger partial charge < -0.3 is 4.42 Å². The Morgan fingerprint density at radius 2 is 2.03 bits per heavy atom. The Bertz CT molecular complexity index is 1110. The second kappa shape index (κ2) is 8.98. The molecule has 0 radical (unpaired) electrons. The van der Waals surface area contributed by atoms with E-state index in [1.165, 1.54) is 23.5 Å². The average Bonchev–Trinajstić information content (AvgIpc) is 3.36. The highest BCUT2D eigenvalue weighted by Gasteiger charge is 2.21. The molecule has 0 saturated carbocycles. The van der Waals surface area contributed by atoms with E-state index in [4.69, 9.17) is 16.0 Å². The Balaban J connectivity index is 1.51. The Morgan fingerprint density at radius 3 is 2.79 bits per heavy atom. The number of hydrogen-bond donors (Lipinski definition) is 0. The van der Waals surface area contributed by atoms with Gasteiger partial charge in [-0.25, -0.2) is 9.37 Å². The van der Waals surface area contributed by atoms with Crippen LogP contribution >= 0.6 is 34.7 Å². The number of carbonyl (C=O) groups is 1. The second-order valence-electron chi connectivity index (χ2n) is 6.22. The van der Waals surface area contributed by atoms with Crippen LogP contribution in [0.5, 0.6) is 0 Å². The summed E-state index contributed by atoms with van der Waals surface area (Å²) >= 11 is 8.79. The molecule has 0 aliphatic rings. The highest BCUT2D eigenvalue weighted by Crippen LogP contribution is 2.31. The van der Waals surface area contributed by atoms with E-state index < -0.39 is 0 Å². The van der Waals surface area contributed by atoms with E-state index >= 15 is 0 Å². The maximum absolute atomic E-state index is 13.5. The molecule has 2 aromatic heterocycles. The molecule has 0 aliphatic heterocycles. The summed E-state index contributed by atoms with van der Waals surface area (Å²) in [5, 5.41) is 1.21. The number of amides is 1. The molecular formula is C21H16ClFN2O2S2. The van der Waals surface area contributed by atoms with Crippen LogP contribution in [0.25, 0.3) is 10.2 Å². The van der Waals surface area contributed by atoms with Gasteiger partial charge in [-0.3, -0.25) is 9.69 Å². The minimum atomic E-state index is -0.323. The molecular weight excluding hydrogens is 431 g/mol. The molecule has 1 amide bonds. The van der Waals surface area contributed by atoms with E-state index in [1.54, 1.807) is 35.1 Å². The molecule has 0 fully saturated rings. The van der Waals surface area contributed by atoms with Crippen LogP contribution in [0.4, 0.5) is 9.52 Å². The first kappa shape index (κ1) is 19.9. The first-order chi connectivity index (χ1) is 14.1. The van der Waals surface area contributed by atoms with Crippen LogP contribution in [0.15, 0.2) is 70.2 Å². The molecule has 0 aliphatic carbocycles. The molecule has 0 saturated heterocycles. The van der Waals surface area contributed by atoms with Crippen molar-refractivity contribution in [3.8, 4) is 0 Å². The zero-order valence-corrected chi connectivity index (χ0v) is 17.6. The third kappa shape index (κ3) is 4.98. The number of benzene rings is 2. The van der Waals surface area contributed by atoms with Crippen molar-refractivity contribution in [3.05, 3.63) is 77.5 Å². The van der Waals surface area contributed by atoms with Crippen LogP contribution in [0.2, 0.25) is 5.02 Å². The van der Waals surface area contributed by atoms with E-state index in [0.717, 1.165) is 4.90 Å². The number of fused-ring (bicyclic) bond motifs is 1. The second-order valence-corrected chi connectivity index (χ2v) is 8.83. The summed E-state index contributed by atoms with van der Waals surface area (Å²) in [6.45, 7) is 0.278. The average molecular weight is 447 g/mol. The van der Waals surface area contributed by atoms with Gasteiger partial charge in [-0.2, -0.15) is 0 Å². The van der Waals surface area contributed by atoms with Crippen molar-refractivity contribution in [1.29, 1.82) is 0 Å². The van der Waals surface area contributed by atoms with E-state index in [1.807, 2.05) is 30.3 Å². The number of anilines is 1. The number of carbonyl (C=O) groups excluding carboxylic acids is 1. The predicted octanol–water partition coefficient (Wildman–Crippen LogP) is 6.40. The quantitative estimate of drug-likeness (QED) is 0.308. The summed E-state index contributed by atoms with van der Waals surface area (Å²) in [7, 11) is 0. The molecule has 2 heterocycles. The molecule has 148 valence electrons. The van der Waals surface area contributed by atoms with E-state index in [0.29, 0.717) is 38.3 Å². The molecule has 0 bridgehead atoms. The SMILES string of the molecule is O=C(CCSc1ccc(Cl)cc1)N(Cc1ccco1)c1nc2ccc(F)cc2s1. The Morgan fingerprint density at radius 1 is 1.21 bits per heavy atom. The van der Waals surface area contributed by atoms with Crippen molar-refractivity contribution in [3.63, 3.8) is 0 Å². The molecule has 29 heavy (non-hydrogen) atoms. The number of nitrogens with zero attached hydrogens (tertiary/aromatic N) is 2. The smallest absolute Gasteiger partial charge is 0.230 e. The maximum atomic E-state index is 13.5. The van der Waals surface area contributed by atoms with Crippen molar-refractivity contribution in [2.24, 2.45) is 0 Å². The number of thiazole rings is 1. The van der Waals surface area contributed by atoms with Gasteiger partial charge in [0, 0.05) is 22.1 Å². The summed E-state index contributed by atoms with van der Waals surface area (Å²) < 4.78 is 19.7. The number of aromatic nitrogens is 1. The molecule has 4 rings (SSSR count). The van der Waals surface area contributed by atoms with Crippen molar-refractivity contribution in [2.45, 2.75) is 17.9 Å². The van der Waals surface area contributed by atoms with Crippen molar-refractivity contribution in [2.75, 3.05) is 10.7 Å². The van der Waals surface area contributed by atoms with Crippen molar-refractivity contribution < 1.29 is 13.6 Å². The van der Waals surface area contributed by atoms with Gasteiger partial charge in [-0.1, -0.05) is 22.9 Å². The van der Waals surface area contributed by atoms with Gasteiger partial charge in [0.05, 0.1) is 23.0 Å². The first-order valence-corrected chi connectivity index (χ1v) is 11.0. The largest absolute Gasteiger partial charge is 0.467 e. The number of hydrogen-bond acceptors (Lipinski definition) is 5. The molecule has 2 aromatic carbocycles. The van der Waals surface area contributed by atoms with Crippen LogP contribution < -0.4 is 4.90 Å². The van der Waals surface area contributed by atoms with Crippen molar-refractivity contribution in [1.82, 2.24) is 4.98 Å². The fourth-order valence-corrected chi connectivity index (χ4v) is 4.72. The standard InChI is InChI=1S/C21H16ClFN2O2S2/c22-14-3-6-17(7-4-14)28-11-9-20(26)25(13-16-2-1-10-27-16)21-24-18-8-5-15(23)12-19(18)29-21/h1-8,10,12H,9,11,13H2. The highest BCUT2D eigenvalue weighted by atomic mass is 35.5. The summed E-state index contributed by atoms with van der Waals surface area (Å²) in [5.74, 6) is 0.891. The molecule has 0 unspecified atom stereocenters. The molecule has 8 heteroatoms. The maximum Gasteiger partial charge on any atom is 0.230 e. The highest BCUT2D eigenvalue weighted by molar-refractivity contribution is 7.99.